The third-order valence-electron chi connectivity index (χ3n) is 5.55. The summed E-state index contributed by atoms with van der Waals surface area (Å²) in [5.41, 5.74) is 0.902. The van der Waals surface area contributed by atoms with Crippen molar-refractivity contribution in [2.24, 2.45) is 5.73 Å². The van der Waals surface area contributed by atoms with Crippen LogP contribution in [0.5, 0.6) is 0 Å². The maximum atomic E-state index is 15.0. The molecule has 1 aliphatic heterocycles. The summed E-state index contributed by atoms with van der Waals surface area (Å²) in [4.78, 5) is 12.4. The fourth-order valence-electron chi connectivity index (χ4n) is 3.10. The smallest absolute Gasteiger partial charge is 0.399 e. The molecule has 0 saturated carbocycles. The maximum absolute atomic E-state index is 15.0. The standard InChI is InChI=1S/C20H19BClF5N2O3/c1-18(2)19(3,4)32-21(31-18)11-8-14(24)16(9-13(11)23)29(17(28)30)15-7-10(20(25,26)27)5-6-12(15)22/h5-9H,1-4H3,(H2,28,30). The molecule has 2 amide bonds. The van der Waals surface area contributed by atoms with E-state index >= 15 is 4.39 Å². The lowest BCUT2D eigenvalue weighted by molar-refractivity contribution is -0.137. The van der Waals surface area contributed by atoms with E-state index in [-0.39, 0.29) is 10.5 Å². The molecule has 1 fully saturated rings. The summed E-state index contributed by atoms with van der Waals surface area (Å²) in [6.07, 6.45) is -4.77. The van der Waals surface area contributed by atoms with Crippen molar-refractivity contribution in [3.05, 3.63) is 52.6 Å². The van der Waals surface area contributed by atoms with Crippen molar-refractivity contribution in [1.82, 2.24) is 0 Å². The average Bonchev–Trinajstić information content (AvgIpc) is 2.85. The zero-order valence-electron chi connectivity index (χ0n) is 17.5. The fourth-order valence-corrected chi connectivity index (χ4v) is 3.30. The number of primary amides is 1. The molecule has 0 bridgehead atoms. The number of rotatable bonds is 3. The molecule has 2 N–H and O–H groups in total. The summed E-state index contributed by atoms with van der Waals surface area (Å²) in [6, 6.07) is 2.08. The van der Waals surface area contributed by atoms with Gasteiger partial charge < -0.3 is 15.0 Å². The van der Waals surface area contributed by atoms with Crippen LogP contribution in [-0.4, -0.2) is 24.4 Å². The molecule has 12 heteroatoms. The maximum Gasteiger partial charge on any atom is 0.497 e. The molecule has 0 spiro atoms. The van der Waals surface area contributed by atoms with Crippen molar-refractivity contribution in [2.45, 2.75) is 45.1 Å². The van der Waals surface area contributed by atoms with Gasteiger partial charge in [0.25, 0.3) is 0 Å². The van der Waals surface area contributed by atoms with E-state index in [4.69, 9.17) is 26.6 Å². The highest BCUT2D eigenvalue weighted by molar-refractivity contribution is 6.62. The van der Waals surface area contributed by atoms with Crippen molar-refractivity contribution in [2.75, 3.05) is 4.90 Å². The molecule has 5 nitrogen and oxygen atoms in total. The molecule has 1 saturated heterocycles. The molecule has 0 aromatic heterocycles. The van der Waals surface area contributed by atoms with Gasteiger partial charge in [0, 0.05) is 11.5 Å². The largest absolute Gasteiger partial charge is 0.497 e. The van der Waals surface area contributed by atoms with Crippen molar-refractivity contribution in [1.29, 1.82) is 0 Å². The number of hydrogen-bond donors (Lipinski definition) is 1. The number of alkyl halides is 3. The molecule has 0 aliphatic carbocycles. The predicted molar refractivity (Wildman–Crippen MR) is 110 cm³/mol. The van der Waals surface area contributed by atoms with Crippen LogP contribution < -0.4 is 16.1 Å². The molecule has 0 atom stereocenters. The quantitative estimate of drug-likeness (QED) is 0.492. The number of carbonyl (C=O) groups excluding carboxylic acids is 1. The van der Waals surface area contributed by atoms with E-state index in [1.165, 1.54) is 0 Å². The normalized spacial score (nSPS) is 17.5. The lowest BCUT2D eigenvalue weighted by atomic mass is 9.78. The van der Waals surface area contributed by atoms with E-state index in [0.717, 1.165) is 12.1 Å². The van der Waals surface area contributed by atoms with Gasteiger partial charge in [-0.05, 0) is 52.0 Å². The summed E-state index contributed by atoms with van der Waals surface area (Å²) >= 11 is 5.95. The molecule has 3 rings (SSSR count). The van der Waals surface area contributed by atoms with Gasteiger partial charge in [-0.2, -0.15) is 13.2 Å². The van der Waals surface area contributed by atoms with Gasteiger partial charge in [-0.25, -0.2) is 13.6 Å². The lowest BCUT2D eigenvalue weighted by Gasteiger charge is -2.32. The van der Waals surface area contributed by atoms with Gasteiger partial charge in [0.2, 0.25) is 0 Å². The fraction of sp³-hybridized carbons (Fsp3) is 0.350. The third-order valence-corrected chi connectivity index (χ3v) is 5.87. The van der Waals surface area contributed by atoms with Crippen LogP contribution in [0.15, 0.2) is 30.3 Å². The molecule has 2 aromatic carbocycles. The molecule has 0 unspecified atom stereocenters. The number of urea groups is 1. The number of benzene rings is 2. The highest BCUT2D eigenvalue weighted by Crippen LogP contribution is 2.40. The van der Waals surface area contributed by atoms with Gasteiger partial charge in [0.05, 0.1) is 33.2 Å². The molecule has 0 radical (unpaired) electrons. The van der Waals surface area contributed by atoms with Gasteiger partial charge in [-0.1, -0.05) is 11.6 Å². The number of nitrogens with two attached hydrogens (primary N) is 1. The molecule has 1 heterocycles. The van der Waals surface area contributed by atoms with Crippen LogP contribution in [0.25, 0.3) is 0 Å². The highest BCUT2D eigenvalue weighted by atomic mass is 35.5. The molecular formula is C20H19BClF5N2O3. The lowest BCUT2D eigenvalue weighted by Crippen LogP contribution is -2.41. The van der Waals surface area contributed by atoms with Gasteiger partial charge in [0.1, 0.15) is 11.6 Å². The van der Waals surface area contributed by atoms with Crippen molar-refractivity contribution in [3.8, 4) is 0 Å². The molecule has 1 aliphatic rings. The minimum Gasteiger partial charge on any atom is -0.399 e. The monoisotopic (exact) mass is 476 g/mol. The zero-order valence-corrected chi connectivity index (χ0v) is 18.2. The number of hydrogen-bond acceptors (Lipinski definition) is 3. The van der Waals surface area contributed by atoms with Crippen LogP contribution in [0.4, 0.5) is 38.1 Å². The van der Waals surface area contributed by atoms with Gasteiger partial charge in [-0.15, -0.1) is 0 Å². The molecule has 172 valence electrons. The first-order valence-corrected chi connectivity index (χ1v) is 9.74. The summed E-state index contributed by atoms with van der Waals surface area (Å²) in [6.45, 7) is 6.89. The Bertz CT molecular complexity index is 1060. The van der Waals surface area contributed by atoms with E-state index in [0.29, 0.717) is 23.1 Å². The molecule has 2 aromatic rings. The Labute approximate surface area is 186 Å². The summed E-state index contributed by atoms with van der Waals surface area (Å²) in [5.74, 6) is -2.17. The van der Waals surface area contributed by atoms with Crippen LogP contribution in [0, 0.1) is 11.6 Å². The minimum atomic E-state index is -4.77. The first-order valence-electron chi connectivity index (χ1n) is 9.36. The van der Waals surface area contributed by atoms with E-state index < -0.39 is 59.1 Å². The van der Waals surface area contributed by atoms with E-state index in [9.17, 15) is 22.4 Å². The Kier molecular flexibility index (Phi) is 5.99. The number of carbonyl (C=O) groups is 1. The molecular weight excluding hydrogens is 457 g/mol. The van der Waals surface area contributed by atoms with Crippen LogP contribution in [0.2, 0.25) is 5.02 Å². The number of halogens is 6. The van der Waals surface area contributed by atoms with Crippen LogP contribution in [-0.2, 0) is 15.5 Å². The van der Waals surface area contributed by atoms with Gasteiger partial charge in [0.15, 0.2) is 0 Å². The van der Waals surface area contributed by atoms with E-state index in [1.54, 1.807) is 27.7 Å². The average molecular weight is 477 g/mol. The Morgan fingerprint density at radius 1 is 1.00 bits per heavy atom. The topological polar surface area (TPSA) is 64.8 Å². The van der Waals surface area contributed by atoms with Crippen LogP contribution in [0.3, 0.4) is 0 Å². The van der Waals surface area contributed by atoms with E-state index in [2.05, 4.69) is 0 Å². The number of amides is 2. The second kappa shape index (κ2) is 7.89. The Morgan fingerprint density at radius 3 is 2.06 bits per heavy atom. The minimum absolute atomic E-state index is 0.288. The first kappa shape index (κ1) is 24.3. The second-order valence-electron chi connectivity index (χ2n) is 8.25. The first-order chi connectivity index (χ1) is 14.5. The van der Waals surface area contributed by atoms with Crippen LogP contribution in [0.1, 0.15) is 33.3 Å². The summed E-state index contributed by atoms with van der Waals surface area (Å²) in [5, 5.41) is -0.327. The predicted octanol–water partition coefficient (Wildman–Crippen LogP) is 5.15. The van der Waals surface area contributed by atoms with Gasteiger partial charge >= 0.3 is 19.3 Å². The highest BCUT2D eigenvalue weighted by Gasteiger charge is 2.52. The van der Waals surface area contributed by atoms with Crippen molar-refractivity contribution < 1.29 is 36.1 Å². The number of anilines is 2. The van der Waals surface area contributed by atoms with Crippen molar-refractivity contribution >= 4 is 41.6 Å². The third kappa shape index (κ3) is 4.29. The van der Waals surface area contributed by atoms with Crippen molar-refractivity contribution in [3.63, 3.8) is 0 Å². The molecule has 32 heavy (non-hydrogen) atoms. The Hall–Kier alpha value is -2.37. The summed E-state index contributed by atoms with van der Waals surface area (Å²) in [7, 11) is -1.25. The SMILES string of the molecule is CC1(C)OB(c2cc(F)c(N(C(N)=O)c3cc(C(F)(F)F)ccc3Cl)cc2F)OC1(C)C. The summed E-state index contributed by atoms with van der Waals surface area (Å²) < 4.78 is 80.8. The van der Waals surface area contributed by atoms with Crippen LogP contribution >= 0.6 is 11.6 Å². The second-order valence-corrected chi connectivity index (χ2v) is 8.66. The Balaban J connectivity index is 2.09. The zero-order chi connectivity index (χ0) is 24.2. The van der Waals surface area contributed by atoms with E-state index in [1.807, 2.05) is 0 Å². The number of nitrogens with zero attached hydrogens (tertiary/aromatic N) is 1. The Morgan fingerprint density at radius 2 is 1.56 bits per heavy atom. The van der Waals surface area contributed by atoms with Gasteiger partial charge in [-0.3, -0.25) is 4.90 Å².